The molecule has 0 spiro atoms. The maximum absolute atomic E-state index is 12.8. The zero-order chi connectivity index (χ0) is 18.9. The number of amides is 3. The van der Waals surface area contributed by atoms with Gasteiger partial charge in [-0.2, -0.15) is 0 Å². The quantitative estimate of drug-likeness (QED) is 0.376. The zero-order valence-corrected chi connectivity index (χ0v) is 14.3. The number of hydrogen-bond donors (Lipinski definition) is 1. The number of allylic oxidation sites excluding steroid dienone is 2. The molecule has 1 saturated heterocycles. The smallest absolute Gasteiger partial charge is 0.271 e. The summed E-state index contributed by atoms with van der Waals surface area (Å²) < 4.78 is 0. The Hall–Kier alpha value is -3.03. The molecule has 1 N–H and O–H groups in total. The highest BCUT2D eigenvalue weighted by Crippen LogP contribution is 2.65. The number of non-ortho nitro benzene ring substituents is 1. The molecular formula is C19H17N3O5. The molecule has 8 nitrogen and oxygen atoms in total. The van der Waals surface area contributed by atoms with Gasteiger partial charge >= 0.3 is 0 Å². The van der Waals surface area contributed by atoms with E-state index in [0.717, 1.165) is 11.3 Å². The van der Waals surface area contributed by atoms with Crippen molar-refractivity contribution in [2.75, 3.05) is 11.9 Å². The molecule has 8 heteroatoms. The van der Waals surface area contributed by atoms with Crippen molar-refractivity contribution in [2.24, 2.45) is 35.5 Å². The molecule has 3 amide bonds. The summed E-state index contributed by atoms with van der Waals surface area (Å²) in [7, 11) is 0. The summed E-state index contributed by atoms with van der Waals surface area (Å²) in [6, 6.07) is 5.55. The first-order valence-corrected chi connectivity index (χ1v) is 9.03. The Bertz CT molecular complexity index is 890. The Balaban J connectivity index is 1.31. The summed E-state index contributed by atoms with van der Waals surface area (Å²) in [5, 5.41) is 13.4. The van der Waals surface area contributed by atoms with E-state index in [1.165, 1.54) is 24.3 Å². The van der Waals surface area contributed by atoms with E-state index in [4.69, 9.17) is 0 Å². The number of nitrogens with one attached hydrogen (secondary N) is 1. The molecule has 1 aliphatic heterocycles. The first-order chi connectivity index (χ1) is 13.0. The topological polar surface area (TPSA) is 110 Å². The van der Waals surface area contributed by atoms with Gasteiger partial charge in [-0.15, -0.1) is 0 Å². The summed E-state index contributed by atoms with van der Waals surface area (Å²) in [6.07, 6.45) is 5.25. The molecular weight excluding hydrogens is 350 g/mol. The van der Waals surface area contributed by atoms with Crippen LogP contribution in [-0.4, -0.2) is 34.1 Å². The van der Waals surface area contributed by atoms with E-state index < -0.39 is 10.8 Å². The summed E-state index contributed by atoms with van der Waals surface area (Å²) in [4.78, 5) is 49.4. The van der Waals surface area contributed by atoms with E-state index in [1.807, 2.05) is 0 Å². The fourth-order valence-corrected chi connectivity index (χ4v) is 5.22. The van der Waals surface area contributed by atoms with Gasteiger partial charge in [0.1, 0.15) is 6.54 Å². The Morgan fingerprint density at radius 2 is 1.78 bits per heavy atom. The Labute approximate surface area is 154 Å². The number of hydrogen-bond acceptors (Lipinski definition) is 5. The van der Waals surface area contributed by atoms with Gasteiger partial charge in [0.2, 0.25) is 17.7 Å². The van der Waals surface area contributed by atoms with Crippen LogP contribution in [0.4, 0.5) is 11.4 Å². The number of nitrogens with zero attached hydrogens (tertiary/aromatic N) is 2. The van der Waals surface area contributed by atoms with E-state index in [-0.39, 0.29) is 53.4 Å². The van der Waals surface area contributed by atoms with Crippen molar-refractivity contribution < 1.29 is 19.3 Å². The number of anilines is 1. The van der Waals surface area contributed by atoms with Gasteiger partial charge in [0, 0.05) is 17.8 Å². The predicted molar refractivity (Wildman–Crippen MR) is 93.1 cm³/mol. The highest BCUT2D eigenvalue weighted by molar-refractivity contribution is 6.09. The minimum absolute atomic E-state index is 0.117. The average Bonchev–Trinajstić information content (AvgIpc) is 3.43. The Morgan fingerprint density at radius 3 is 2.37 bits per heavy atom. The standard InChI is InChI=1S/C19H17N3O5/c23-15(20-9-2-1-3-10(6-9)22(26)27)8-21-18(24)16-11-4-5-12(14-7-13(11)14)17(16)19(21)25/h1-6,11-14,16-17H,7-8H2,(H,20,23)/t11-,12+,13-,14-,16+,17+/m1/s1. The van der Waals surface area contributed by atoms with Crippen LogP contribution < -0.4 is 5.32 Å². The van der Waals surface area contributed by atoms with Gasteiger partial charge in [0.15, 0.2) is 0 Å². The van der Waals surface area contributed by atoms with Crippen molar-refractivity contribution in [3.8, 4) is 0 Å². The summed E-state index contributed by atoms with van der Waals surface area (Å²) >= 11 is 0. The van der Waals surface area contributed by atoms with E-state index in [2.05, 4.69) is 17.5 Å². The zero-order valence-electron chi connectivity index (χ0n) is 14.3. The molecule has 1 aromatic rings. The molecule has 27 heavy (non-hydrogen) atoms. The number of nitro groups is 1. The number of carbonyl (C=O) groups is 3. The summed E-state index contributed by atoms with van der Waals surface area (Å²) in [6.45, 7) is -0.359. The molecule has 2 saturated carbocycles. The number of carbonyl (C=O) groups excluding carboxylic acids is 3. The van der Waals surface area contributed by atoms with Crippen molar-refractivity contribution in [2.45, 2.75) is 6.42 Å². The lowest BCUT2D eigenvalue weighted by molar-refractivity contribution is -0.384. The predicted octanol–water partition coefficient (Wildman–Crippen LogP) is 1.59. The Kier molecular flexibility index (Phi) is 3.28. The third-order valence-corrected chi connectivity index (χ3v) is 6.40. The average molecular weight is 367 g/mol. The molecule has 6 atom stereocenters. The van der Waals surface area contributed by atoms with Crippen molar-refractivity contribution in [1.29, 1.82) is 0 Å². The first-order valence-electron chi connectivity index (χ1n) is 9.03. The van der Waals surface area contributed by atoms with Crippen LogP contribution in [-0.2, 0) is 14.4 Å². The van der Waals surface area contributed by atoms with Crippen LogP contribution in [0.25, 0.3) is 0 Å². The lowest BCUT2D eigenvalue weighted by Gasteiger charge is -2.37. The number of rotatable bonds is 4. The second kappa shape index (κ2) is 5.48. The molecule has 6 rings (SSSR count). The van der Waals surface area contributed by atoms with Crippen LogP contribution in [0.3, 0.4) is 0 Å². The van der Waals surface area contributed by atoms with E-state index in [0.29, 0.717) is 11.8 Å². The maximum atomic E-state index is 12.8. The van der Waals surface area contributed by atoms with Crippen LogP contribution in [0.2, 0.25) is 0 Å². The molecule has 5 aliphatic rings. The van der Waals surface area contributed by atoms with Crippen molar-refractivity contribution in [1.82, 2.24) is 4.90 Å². The minimum atomic E-state index is -0.554. The molecule has 2 bridgehead atoms. The van der Waals surface area contributed by atoms with Crippen LogP contribution in [0.5, 0.6) is 0 Å². The van der Waals surface area contributed by atoms with Gasteiger partial charge < -0.3 is 5.32 Å². The molecule has 4 aliphatic carbocycles. The summed E-state index contributed by atoms with van der Waals surface area (Å²) in [5.41, 5.74) is 0.114. The molecule has 1 aromatic carbocycles. The second-order valence-corrected chi connectivity index (χ2v) is 7.77. The van der Waals surface area contributed by atoms with Gasteiger partial charge in [-0.1, -0.05) is 18.2 Å². The monoisotopic (exact) mass is 367 g/mol. The minimum Gasteiger partial charge on any atom is -0.324 e. The van der Waals surface area contributed by atoms with E-state index in [9.17, 15) is 24.5 Å². The van der Waals surface area contributed by atoms with Gasteiger partial charge in [-0.25, -0.2) is 0 Å². The molecule has 0 radical (unpaired) electrons. The molecule has 0 unspecified atom stereocenters. The van der Waals surface area contributed by atoms with Gasteiger partial charge in [0.05, 0.1) is 16.8 Å². The molecule has 0 aromatic heterocycles. The Morgan fingerprint density at radius 1 is 1.15 bits per heavy atom. The molecule has 3 fully saturated rings. The highest BCUT2D eigenvalue weighted by Gasteiger charge is 2.67. The number of likely N-dealkylation sites (tertiary alicyclic amines) is 1. The van der Waals surface area contributed by atoms with E-state index >= 15 is 0 Å². The number of nitro benzene ring substituents is 1. The van der Waals surface area contributed by atoms with E-state index in [1.54, 1.807) is 0 Å². The second-order valence-electron chi connectivity index (χ2n) is 7.77. The van der Waals surface area contributed by atoms with Gasteiger partial charge in [0.25, 0.3) is 5.69 Å². The number of benzene rings is 1. The normalized spacial score (nSPS) is 35.0. The van der Waals surface area contributed by atoms with Crippen LogP contribution in [0.15, 0.2) is 36.4 Å². The third-order valence-electron chi connectivity index (χ3n) is 6.40. The van der Waals surface area contributed by atoms with Crippen LogP contribution >= 0.6 is 0 Å². The highest BCUT2D eigenvalue weighted by atomic mass is 16.6. The molecule has 138 valence electrons. The van der Waals surface area contributed by atoms with Crippen molar-refractivity contribution in [3.05, 3.63) is 46.5 Å². The molecule has 1 heterocycles. The fourth-order valence-electron chi connectivity index (χ4n) is 5.22. The van der Waals surface area contributed by atoms with Crippen LogP contribution in [0.1, 0.15) is 6.42 Å². The maximum Gasteiger partial charge on any atom is 0.271 e. The van der Waals surface area contributed by atoms with Crippen LogP contribution in [0, 0.1) is 45.6 Å². The fraction of sp³-hybridized carbons (Fsp3) is 0.421. The lowest BCUT2D eigenvalue weighted by Crippen LogP contribution is -2.40. The largest absolute Gasteiger partial charge is 0.324 e. The summed E-state index contributed by atoms with van der Waals surface area (Å²) in [5.74, 6) is -0.469. The SMILES string of the molecule is O=C(CN1C(=O)[C@H]2[C@@H]3C=C[C@@H]([C@H]4C[C@H]34)[C@@H]2C1=O)Nc1cccc([N+](=O)[O-])c1. The third kappa shape index (κ3) is 2.32. The lowest BCUT2D eigenvalue weighted by atomic mass is 9.63. The first kappa shape index (κ1) is 16.2. The van der Waals surface area contributed by atoms with Crippen molar-refractivity contribution >= 4 is 29.1 Å². The number of imide groups is 1. The van der Waals surface area contributed by atoms with Gasteiger partial charge in [-0.05, 0) is 36.2 Å². The van der Waals surface area contributed by atoms with Crippen molar-refractivity contribution in [3.63, 3.8) is 0 Å². The van der Waals surface area contributed by atoms with Gasteiger partial charge in [-0.3, -0.25) is 29.4 Å².